The smallest absolute Gasteiger partial charge is 0.220 e. The number of benzene rings is 2. The Morgan fingerprint density at radius 3 is 2.46 bits per heavy atom. The van der Waals surface area contributed by atoms with Gasteiger partial charge in [0.2, 0.25) is 5.91 Å². The highest BCUT2D eigenvalue weighted by atomic mass is 35.5. The van der Waals surface area contributed by atoms with Crippen LogP contribution in [-0.2, 0) is 4.79 Å². The van der Waals surface area contributed by atoms with Crippen molar-refractivity contribution in [3.8, 4) is 0 Å². The second kappa shape index (κ2) is 8.15. The van der Waals surface area contributed by atoms with Crippen molar-refractivity contribution in [3.05, 3.63) is 69.8 Å². The zero-order valence-corrected chi connectivity index (χ0v) is 16.4. The summed E-state index contributed by atoms with van der Waals surface area (Å²) in [5, 5.41) is 5.41. The minimum atomic E-state index is -0.0772. The van der Waals surface area contributed by atoms with Crippen LogP contribution in [0.1, 0.15) is 37.3 Å². The Morgan fingerprint density at radius 1 is 1.08 bits per heavy atom. The van der Waals surface area contributed by atoms with E-state index in [-0.39, 0.29) is 11.8 Å². The molecular formula is C21H22Cl2N2O. The lowest BCUT2D eigenvalue weighted by Crippen LogP contribution is -2.28. The minimum Gasteiger partial charge on any atom is -0.361 e. The van der Waals surface area contributed by atoms with E-state index in [2.05, 4.69) is 24.1 Å². The first-order valence-corrected chi connectivity index (χ1v) is 9.48. The summed E-state index contributed by atoms with van der Waals surface area (Å²) in [6.07, 6.45) is 2.34. The maximum atomic E-state index is 12.5. The van der Waals surface area contributed by atoms with Crippen LogP contribution in [0.25, 0.3) is 10.9 Å². The lowest BCUT2D eigenvalue weighted by atomic mass is 9.88. The van der Waals surface area contributed by atoms with Crippen LogP contribution in [0.3, 0.4) is 0 Å². The topological polar surface area (TPSA) is 44.9 Å². The van der Waals surface area contributed by atoms with Gasteiger partial charge < -0.3 is 10.3 Å². The van der Waals surface area contributed by atoms with E-state index in [9.17, 15) is 4.79 Å². The van der Waals surface area contributed by atoms with Gasteiger partial charge in [-0.1, -0.05) is 49.2 Å². The van der Waals surface area contributed by atoms with Crippen molar-refractivity contribution < 1.29 is 4.79 Å². The highest BCUT2D eigenvalue weighted by Gasteiger charge is 2.21. The van der Waals surface area contributed by atoms with Gasteiger partial charge in [0, 0.05) is 46.0 Å². The molecule has 0 saturated carbocycles. The third kappa shape index (κ3) is 4.40. The molecule has 2 aromatic carbocycles. The maximum absolute atomic E-state index is 12.5. The Bertz CT molecular complexity index is 900. The molecule has 0 bridgehead atoms. The second-order valence-electron chi connectivity index (χ2n) is 6.94. The molecule has 1 heterocycles. The molecule has 0 fully saturated rings. The molecule has 1 unspecified atom stereocenters. The summed E-state index contributed by atoms with van der Waals surface area (Å²) in [4.78, 5) is 15.8. The number of fused-ring (bicyclic) bond motifs is 1. The van der Waals surface area contributed by atoms with Gasteiger partial charge in [-0.05, 0) is 47.4 Å². The minimum absolute atomic E-state index is 0.0371. The number of rotatable bonds is 6. The van der Waals surface area contributed by atoms with Gasteiger partial charge in [0.25, 0.3) is 0 Å². The molecule has 1 aromatic heterocycles. The number of aromatic amines is 1. The predicted octanol–water partition coefficient (Wildman–Crippen LogP) is 5.77. The zero-order chi connectivity index (χ0) is 18.7. The molecule has 5 heteroatoms. The van der Waals surface area contributed by atoms with Crippen LogP contribution in [0.2, 0.25) is 10.0 Å². The molecule has 136 valence electrons. The van der Waals surface area contributed by atoms with Gasteiger partial charge in [0.05, 0.1) is 0 Å². The quantitative estimate of drug-likeness (QED) is 0.552. The molecule has 3 nitrogen and oxygen atoms in total. The van der Waals surface area contributed by atoms with E-state index in [1.54, 1.807) is 0 Å². The number of nitrogens with one attached hydrogen (secondary N) is 2. The molecule has 0 aliphatic rings. The number of H-pyrrole nitrogens is 1. The summed E-state index contributed by atoms with van der Waals surface area (Å²) in [5.41, 5.74) is 3.12. The number of halogens is 2. The highest BCUT2D eigenvalue weighted by molar-refractivity contribution is 6.31. The molecule has 0 saturated heterocycles. The van der Waals surface area contributed by atoms with Crippen molar-refractivity contribution in [3.63, 3.8) is 0 Å². The van der Waals surface area contributed by atoms with Crippen LogP contribution in [-0.4, -0.2) is 17.4 Å². The van der Waals surface area contributed by atoms with Crippen molar-refractivity contribution in [1.82, 2.24) is 10.3 Å². The van der Waals surface area contributed by atoms with Crippen LogP contribution < -0.4 is 5.32 Å². The summed E-state index contributed by atoms with van der Waals surface area (Å²) in [6.45, 7) is 4.84. The monoisotopic (exact) mass is 388 g/mol. The first-order chi connectivity index (χ1) is 12.4. The first kappa shape index (κ1) is 18.8. The van der Waals surface area contributed by atoms with Gasteiger partial charge in [-0.25, -0.2) is 0 Å². The first-order valence-electron chi connectivity index (χ1n) is 8.72. The van der Waals surface area contributed by atoms with Gasteiger partial charge >= 0.3 is 0 Å². The third-order valence-corrected chi connectivity index (χ3v) is 4.91. The summed E-state index contributed by atoms with van der Waals surface area (Å²) in [7, 11) is 0. The Kier molecular flexibility index (Phi) is 5.90. The summed E-state index contributed by atoms with van der Waals surface area (Å²) in [5.74, 6) is 0.376. The molecular weight excluding hydrogens is 367 g/mol. The maximum Gasteiger partial charge on any atom is 0.220 e. The van der Waals surface area contributed by atoms with E-state index in [0.717, 1.165) is 22.0 Å². The number of aromatic nitrogens is 1. The van der Waals surface area contributed by atoms with Crippen molar-refractivity contribution in [2.45, 2.75) is 26.2 Å². The summed E-state index contributed by atoms with van der Waals surface area (Å²) in [6, 6.07) is 13.4. The molecule has 3 aromatic rings. The fourth-order valence-electron chi connectivity index (χ4n) is 3.08. The van der Waals surface area contributed by atoms with Crippen molar-refractivity contribution in [2.24, 2.45) is 5.92 Å². The zero-order valence-electron chi connectivity index (χ0n) is 14.9. The predicted molar refractivity (Wildman–Crippen MR) is 109 cm³/mol. The molecule has 2 N–H and O–H groups in total. The lowest BCUT2D eigenvalue weighted by Gasteiger charge is -2.18. The van der Waals surface area contributed by atoms with Crippen LogP contribution in [0.5, 0.6) is 0 Å². The standard InChI is InChI=1S/C21H22Cl2N2O/c1-13(2)11-25-21(26)10-17(14-3-5-15(22)6-4-14)19-12-24-20-8-7-16(23)9-18(19)20/h3-9,12-13,17,24H,10-11H2,1-2H3,(H,25,26). The molecule has 0 aliphatic carbocycles. The highest BCUT2D eigenvalue weighted by Crippen LogP contribution is 2.35. The molecule has 0 spiro atoms. The molecule has 26 heavy (non-hydrogen) atoms. The Labute approximate surface area is 163 Å². The van der Waals surface area contributed by atoms with Gasteiger partial charge in [-0.15, -0.1) is 0 Å². The summed E-state index contributed by atoms with van der Waals surface area (Å²) >= 11 is 12.2. The van der Waals surface area contributed by atoms with E-state index in [1.807, 2.05) is 48.7 Å². The molecule has 3 rings (SSSR count). The fraction of sp³-hybridized carbons (Fsp3) is 0.286. The Morgan fingerprint density at radius 2 is 1.77 bits per heavy atom. The van der Waals surface area contributed by atoms with Gasteiger partial charge in [-0.2, -0.15) is 0 Å². The average Bonchev–Trinajstić information content (AvgIpc) is 3.01. The van der Waals surface area contributed by atoms with Gasteiger partial charge in [0.1, 0.15) is 0 Å². The number of amides is 1. The second-order valence-corrected chi connectivity index (χ2v) is 7.81. The molecule has 1 amide bonds. The lowest BCUT2D eigenvalue weighted by molar-refractivity contribution is -0.121. The van der Waals surface area contributed by atoms with E-state index in [0.29, 0.717) is 28.9 Å². The Balaban J connectivity index is 1.97. The van der Waals surface area contributed by atoms with Crippen molar-refractivity contribution >= 4 is 40.0 Å². The number of carbonyl (C=O) groups excluding carboxylic acids is 1. The Hall–Kier alpha value is -1.97. The van der Waals surface area contributed by atoms with E-state index >= 15 is 0 Å². The van der Waals surface area contributed by atoms with Crippen LogP contribution in [0, 0.1) is 5.92 Å². The largest absolute Gasteiger partial charge is 0.361 e. The van der Waals surface area contributed by atoms with Gasteiger partial charge in [0.15, 0.2) is 0 Å². The third-order valence-electron chi connectivity index (χ3n) is 4.42. The van der Waals surface area contributed by atoms with Crippen LogP contribution in [0.4, 0.5) is 0 Å². The van der Waals surface area contributed by atoms with E-state index in [4.69, 9.17) is 23.2 Å². The van der Waals surface area contributed by atoms with Gasteiger partial charge in [-0.3, -0.25) is 4.79 Å². The number of hydrogen-bond acceptors (Lipinski definition) is 1. The number of carbonyl (C=O) groups is 1. The normalized spacial score (nSPS) is 12.5. The van der Waals surface area contributed by atoms with E-state index < -0.39 is 0 Å². The van der Waals surface area contributed by atoms with Crippen LogP contribution in [0.15, 0.2) is 48.7 Å². The SMILES string of the molecule is CC(C)CNC(=O)CC(c1ccc(Cl)cc1)c1c[nH]c2ccc(Cl)cc12. The summed E-state index contributed by atoms with van der Waals surface area (Å²) < 4.78 is 0. The molecule has 0 radical (unpaired) electrons. The van der Waals surface area contributed by atoms with Crippen molar-refractivity contribution in [1.29, 1.82) is 0 Å². The number of hydrogen-bond donors (Lipinski definition) is 2. The molecule has 1 atom stereocenters. The fourth-order valence-corrected chi connectivity index (χ4v) is 3.38. The van der Waals surface area contributed by atoms with E-state index in [1.165, 1.54) is 0 Å². The van der Waals surface area contributed by atoms with Crippen LogP contribution >= 0.6 is 23.2 Å². The van der Waals surface area contributed by atoms with Crippen molar-refractivity contribution in [2.75, 3.05) is 6.54 Å². The average molecular weight is 389 g/mol. The molecule has 0 aliphatic heterocycles.